The van der Waals surface area contributed by atoms with Crippen molar-refractivity contribution < 1.29 is 9.59 Å². The largest absolute Gasteiger partial charge is 0.361 e. The Balaban J connectivity index is 1.40. The Morgan fingerprint density at radius 3 is 2.62 bits per heavy atom. The Morgan fingerprint density at radius 2 is 1.83 bits per heavy atom. The minimum Gasteiger partial charge on any atom is -0.361 e. The molecule has 148 valence electrons. The Labute approximate surface area is 173 Å². The van der Waals surface area contributed by atoms with Gasteiger partial charge < -0.3 is 15.5 Å². The van der Waals surface area contributed by atoms with E-state index in [2.05, 4.69) is 44.8 Å². The lowest BCUT2D eigenvalue weighted by atomic mass is 10.1. The number of pyridine rings is 1. The molecule has 2 aromatic heterocycles. The Hall–Kier alpha value is -3.19. The number of amides is 2. The smallest absolute Gasteiger partial charge is 0.309 e. The first-order valence-corrected chi connectivity index (χ1v) is 10.4. The van der Waals surface area contributed by atoms with E-state index in [1.807, 2.05) is 17.5 Å². The molecule has 7 heteroatoms. The van der Waals surface area contributed by atoms with E-state index >= 15 is 0 Å². The van der Waals surface area contributed by atoms with Crippen LogP contribution in [0.5, 0.6) is 0 Å². The van der Waals surface area contributed by atoms with Crippen molar-refractivity contribution >= 4 is 28.8 Å². The maximum atomic E-state index is 12.3. The number of rotatable bonds is 6. The fourth-order valence-electron chi connectivity index (χ4n) is 3.57. The van der Waals surface area contributed by atoms with Crippen molar-refractivity contribution in [3.05, 3.63) is 82.3 Å². The third kappa shape index (κ3) is 4.46. The number of carbonyl (C=O) groups is 2. The SMILES string of the molecule is O=C(NCc1ccncc1)C(=O)NCC(c1cccs1)N1CCc2ccccc21. The molecule has 2 N–H and O–H groups in total. The van der Waals surface area contributed by atoms with Gasteiger partial charge in [-0.3, -0.25) is 14.6 Å². The van der Waals surface area contributed by atoms with Crippen LogP contribution in [0.15, 0.2) is 66.3 Å². The Kier molecular flexibility index (Phi) is 5.86. The number of hydrogen-bond donors (Lipinski definition) is 2. The summed E-state index contributed by atoms with van der Waals surface area (Å²) in [5.41, 5.74) is 3.41. The van der Waals surface area contributed by atoms with Crippen molar-refractivity contribution in [3.8, 4) is 0 Å². The highest BCUT2D eigenvalue weighted by Gasteiger charge is 2.28. The summed E-state index contributed by atoms with van der Waals surface area (Å²) in [6.45, 7) is 1.56. The zero-order valence-corrected chi connectivity index (χ0v) is 16.7. The molecule has 1 aliphatic heterocycles. The van der Waals surface area contributed by atoms with Gasteiger partial charge in [0.2, 0.25) is 0 Å². The molecule has 2 amide bonds. The van der Waals surface area contributed by atoms with Gasteiger partial charge in [-0.2, -0.15) is 0 Å². The zero-order valence-electron chi connectivity index (χ0n) is 15.9. The number of nitrogens with zero attached hydrogens (tertiary/aromatic N) is 2. The van der Waals surface area contributed by atoms with E-state index in [9.17, 15) is 9.59 Å². The van der Waals surface area contributed by atoms with Crippen molar-refractivity contribution in [1.29, 1.82) is 0 Å². The van der Waals surface area contributed by atoms with E-state index in [0.29, 0.717) is 13.1 Å². The predicted molar refractivity (Wildman–Crippen MR) is 114 cm³/mol. The number of fused-ring (bicyclic) bond motifs is 1. The first kappa shape index (κ1) is 19.1. The third-order valence-corrected chi connectivity index (χ3v) is 6.01. The van der Waals surface area contributed by atoms with Crippen molar-refractivity contribution in [1.82, 2.24) is 15.6 Å². The van der Waals surface area contributed by atoms with Gasteiger partial charge >= 0.3 is 11.8 Å². The molecule has 1 aliphatic rings. The van der Waals surface area contributed by atoms with Crippen molar-refractivity contribution in [2.45, 2.75) is 19.0 Å². The molecule has 6 nitrogen and oxygen atoms in total. The number of hydrogen-bond acceptors (Lipinski definition) is 5. The molecule has 1 unspecified atom stereocenters. The summed E-state index contributed by atoms with van der Waals surface area (Å²) in [6, 6.07) is 16.0. The Morgan fingerprint density at radius 1 is 1.03 bits per heavy atom. The van der Waals surface area contributed by atoms with Gasteiger partial charge in [-0.15, -0.1) is 11.3 Å². The van der Waals surface area contributed by atoms with E-state index in [1.54, 1.807) is 35.9 Å². The molecule has 0 radical (unpaired) electrons. The molecule has 0 aliphatic carbocycles. The molecule has 3 aromatic rings. The number of carbonyl (C=O) groups excluding carboxylic acids is 2. The third-order valence-electron chi connectivity index (χ3n) is 5.04. The predicted octanol–water partition coefficient (Wildman–Crippen LogP) is 2.68. The van der Waals surface area contributed by atoms with Gasteiger partial charge in [0.15, 0.2) is 0 Å². The summed E-state index contributed by atoms with van der Waals surface area (Å²) in [6.07, 6.45) is 4.29. The maximum absolute atomic E-state index is 12.3. The molecule has 3 heterocycles. The number of para-hydroxylation sites is 1. The van der Waals surface area contributed by atoms with Crippen LogP contribution in [0.3, 0.4) is 0 Å². The molecule has 1 aromatic carbocycles. The topological polar surface area (TPSA) is 74.3 Å². The minimum absolute atomic E-state index is 0.00408. The highest BCUT2D eigenvalue weighted by Crippen LogP contribution is 2.36. The first-order chi connectivity index (χ1) is 14.2. The second-order valence-electron chi connectivity index (χ2n) is 6.85. The van der Waals surface area contributed by atoms with Crippen LogP contribution in [0, 0.1) is 0 Å². The van der Waals surface area contributed by atoms with Crippen LogP contribution in [0.4, 0.5) is 5.69 Å². The molecule has 1 atom stereocenters. The lowest BCUT2D eigenvalue weighted by molar-refractivity contribution is -0.139. The molecule has 0 fully saturated rings. The molecule has 4 rings (SSSR count). The first-order valence-electron chi connectivity index (χ1n) is 9.55. The lowest BCUT2D eigenvalue weighted by Gasteiger charge is -2.30. The van der Waals surface area contributed by atoms with Gasteiger partial charge in [0, 0.05) is 42.6 Å². The molecule has 0 spiro atoms. The molecule has 0 saturated heterocycles. The van der Waals surface area contributed by atoms with Crippen LogP contribution in [-0.2, 0) is 22.6 Å². The fraction of sp³-hybridized carbons (Fsp3) is 0.227. The summed E-state index contributed by atoms with van der Waals surface area (Å²) in [5.74, 6) is -1.25. The molecule has 0 bridgehead atoms. The zero-order chi connectivity index (χ0) is 20.1. The average Bonchev–Trinajstić information content (AvgIpc) is 3.44. The normalized spacial score (nSPS) is 13.6. The van der Waals surface area contributed by atoms with Crippen LogP contribution in [0.1, 0.15) is 22.0 Å². The number of anilines is 1. The highest BCUT2D eigenvalue weighted by molar-refractivity contribution is 7.10. The lowest BCUT2D eigenvalue weighted by Crippen LogP contribution is -2.43. The monoisotopic (exact) mass is 406 g/mol. The van der Waals surface area contributed by atoms with Gasteiger partial charge in [0.05, 0.1) is 6.04 Å². The van der Waals surface area contributed by atoms with Crippen LogP contribution in [0.2, 0.25) is 0 Å². The summed E-state index contributed by atoms with van der Waals surface area (Å²) in [7, 11) is 0. The maximum Gasteiger partial charge on any atom is 0.309 e. The van der Waals surface area contributed by atoms with Gasteiger partial charge in [-0.05, 0) is 47.2 Å². The Bertz CT molecular complexity index is 975. The van der Waals surface area contributed by atoms with Crippen LogP contribution in [-0.4, -0.2) is 29.9 Å². The molecular formula is C22H22N4O2S. The summed E-state index contributed by atoms with van der Waals surface area (Å²) < 4.78 is 0. The van der Waals surface area contributed by atoms with Gasteiger partial charge in [-0.25, -0.2) is 0 Å². The number of benzene rings is 1. The van der Waals surface area contributed by atoms with E-state index in [1.165, 1.54) is 16.1 Å². The van der Waals surface area contributed by atoms with Gasteiger partial charge in [0.1, 0.15) is 0 Å². The van der Waals surface area contributed by atoms with E-state index in [0.717, 1.165) is 18.5 Å². The van der Waals surface area contributed by atoms with Crippen LogP contribution >= 0.6 is 11.3 Å². The van der Waals surface area contributed by atoms with Gasteiger partial charge in [-0.1, -0.05) is 24.3 Å². The minimum atomic E-state index is -0.631. The van der Waals surface area contributed by atoms with Crippen molar-refractivity contribution in [3.63, 3.8) is 0 Å². The van der Waals surface area contributed by atoms with E-state index < -0.39 is 11.8 Å². The fourth-order valence-corrected chi connectivity index (χ4v) is 4.40. The van der Waals surface area contributed by atoms with E-state index in [4.69, 9.17) is 0 Å². The standard InChI is InChI=1S/C22H22N4O2S/c27-21(24-14-16-7-10-23-11-8-16)22(28)25-15-19(20-6-3-13-29-20)26-12-9-17-4-1-2-5-18(17)26/h1-8,10-11,13,19H,9,12,14-15H2,(H,24,27)(H,25,28). The number of thiophene rings is 1. The van der Waals surface area contributed by atoms with E-state index in [-0.39, 0.29) is 6.04 Å². The second kappa shape index (κ2) is 8.87. The second-order valence-corrected chi connectivity index (χ2v) is 7.83. The molecular weight excluding hydrogens is 384 g/mol. The van der Waals surface area contributed by atoms with Crippen molar-refractivity contribution in [2.24, 2.45) is 0 Å². The summed E-state index contributed by atoms with van der Waals surface area (Å²) in [4.78, 5) is 32.0. The number of nitrogens with one attached hydrogen (secondary N) is 2. The highest BCUT2D eigenvalue weighted by atomic mass is 32.1. The van der Waals surface area contributed by atoms with Crippen LogP contribution in [0.25, 0.3) is 0 Å². The molecule has 0 saturated carbocycles. The quantitative estimate of drug-likeness (QED) is 0.618. The van der Waals surface area contributed by atoms with Gasteiger partial charge in [0.25, 0.3) is 0 Å². The molecule has 29 heavy (non-hydrogen) atoms. The van der Waals surface area contributed by atoms with Crippen LogP contribution < -0.4 is 15.5 Å². The van der Waals surface area contributed by atoms with Crippen molar-refractivity contribution in [2.75, 3.05) is 18.0 Å². The summed E-state index contributed by atoms with van der Waals surface area (Å²) in [5, 5.41) is 7.50. The average molecular weight is 407 g/mol. The number of aromatic nitrogens is 1. The summed E-state index contributed by atoms with van der Waals surface area (Å²) >= 11 is 1.66.